The molecular weight excluding hydrogens is 380 g/mol. The van der Waals surface area contributed by atoms with Crippen LogP contribution in [0.5, 0.6) is 0 Å². The van der Waals surface area contributed by atoms with Gasteiger partial charge in [0.15, 0.2) is 9.84 Å². The summed E-state index contributed by atoms with van der Waals surface area (Å²) in [5, 5.41) is 2.09. The minimum Gasteiger partial charge on any atom is -0.224 e. The van der Waals surface area contributed by atoms with E-state index in [1.807, 2.05) is 30.3 Å². The van der Waals surface area contributed by atoms with E-state index in [2.05, 4.69) is 33.4 Å². The van der Waals surface area contributed by atoms with Gasteiger partial charge in [0.1, 0.15) is 0 Å². The van der Waals surface area contributed by atoms with Gasteiger partial charge in [-0.25, -0.2) is 8.42 Å². The number of sulfone groups is 1. The predicted octanol–water partition coefficient (Wildman–Crippen LogP) is 5.25. The minimum atomic E-state index is -3.17. The Labute approximate surface area is 142 Å². The SMILES string of the molecule is CS(=O)(=O)c1ccc(-c2csc(Br)c2-c2ccccc2)cc1. The molecule has 0 fully saturated rings. The van der Waals surface area contributed by atoms with Crippen molar-refractivity contribution in [3.63, 3.8) is 0 Å². The Balaban J connectivity index is 2.11. The van der Waals surface area contributed by atoms with E-state index >= 15 is 0 Å². The summed E-state index contributed by atoms with van der Waals surface area (Å²) in [6.07, 6.45) is 1.22. The van der Waals surface area contributed by atoms with Gasteiger partial charge in [-0.3, -0.25) is 0 Å². The lowest BCUT2D eigenvalue weighted by Crippen LogP contribution is -1.96. The molecule has 1 heterocycles. The molecule has 1 aromatic heterocycles. The van der Waals surface area contributed by atoms with Crippen LogP contribution in [0.1, 0.15) is 0 Å². The van der Waals surface area contributed by atoms with Crippen LogP contribution in [-0.2, 0) is 9.84 Å². The molecule has 0 atom stereocenters. The van der Waals surface area contributed by atoms with Crippen molar-refractivity contribution in [2.24, 2.45) is 0 Å². The minimum absolute atomic E-state index is 0.340. The standard InChI is InChI=1S/C17H13BrO2S2/c1-22(19,20)14-9-7-12(8-10-14)15-11-21-17(18)16(15)13-5-3-2-4-6-13/h2-11H,1H3. The quantitative estimate of drug-likeness (QED) is 0.609. The van der Waals surface area contributed by atoms with Gasteiger partial charge in [0.2, 0.25) is 0 Å². The van der Waals surface area contributed by atoms with Crippen LogP contribution in [0, 0.1) is 0 Å². The molecule has 2 nitrogen and oxygen atoms in total. The maximum absolute atomic E-state index is 11.6. The Morgan fingerprint density at radius 3 is 2.14 bits per heavy atom. The fraction of sp³-hybridized carbons (Fsp3) is 0.0588. The number of benzene rings is 2. The van der Waals surface area contributed by atoms with E-state index in [4.69, 9.17) is 0 Å². The average Bonchev–Trinajstić information content (AvgIpc) is 2.89. The van der Waals surface area contributed by atoms with Gasteiger partial charge in [-0.2, -0.15) is 0 Å². The molecule has 2 aromatic carbocycles. The molecule has 22 heavy (non-hydrogen) atoms. The van der Waals surface area contributed by atoms with Gasteiger partial charge in [0.05, 0.1) is 8.68 Å². The van der Waals surface area contributed by atoms with Crippen molar-refractivity contribution in [2.75, 3.05) is 6.26 Å². The van der Waals surface area contributed by atoms with E-state index in [0.717, 1.165) is 26.0 Å². The molecule has 0 unspecified atom stereocenters. The van der Waals surface area contributed by atoms with Crippen LogP contribution in [0.2, 0.25) is 0 Å². The largest absolute Gasteiger partial charge is 0.224 e. The van der Waals surface area contributed by atoms with E-state index in [1.54, 1.807) is 23.5 Å². The lowest BCUT2D eigenvalue weighted by Gasteiger charge is -2.07. The molecule has 0 spiro atoms. The molecule has 0 N–H and O–H groups in total. The monoisotopic (exact) mass is 392 g/mol. The fourth-order valence-electron chi connectivity index (χ4n) is 2.30. The molecular formula is C17H13BrO2S2. The van der Waals surface area contributed by atoms with Crippen molar-refractivity contribution in [1.29, 1.82) is 0 Å². The number of hydrogen-bond acceptors (Lipinski definition) is 3. The number of rotatable bonds is 3. The average molecular weight is 393 g/mol. The van der Waals surface area contributed by atoms with Gasteiger partial charge < -0.3 is 0 Å². The summed E-state index contributed by atoms with van der Waals surface area (Å²) in [4.78, 5) is 0.340. The Bertz CT molecular complexity index is 896. The summed E-state index contributed by atoms with van der Waals surface area (Å²) in [6, 6.07) is 17.2. The summed E-state index contributed by atoms with van der Waals surface area (Å²) >= 11 is 5.25. The van der Waals surface area contributed by atoms with Crippen LogP contribution >= 0.6 is 27.3 Å². The summed E-state index contributed by atoms with van der Waals surface area (Å²) in [6.45, 7) is 0. The highest BCUT2D eigenvalue weighted by Gasteiger charge is 2.14. The lowest BCUT2D eigenvalue weighted by atomic mass is 9.99. The first-order chi connectivity index (χ1) is 10.5. The zero-order valence-electron chi connectivity index (χ0n) is 11.8. The Morgan fingerprint density at radius 1 is 0.909 bits per heavy atom. The third-order valence-corrected chi connectivity index (χ3v) is 6.25. The summed E-state index contributed by atoms with van der Waals surface area (Å²) in [5.41, 5.74) is 4.38. The molecule has 0 saturated heterocycles. The maximum atomic E-state index is 11.6. The predicted molar refractivity (Wildman–Crippen MR) is 96.0 cm³/mol. The highest BCUT2D eigenvalue weighted by atomic mass is 79.9. The van der Waals surface area contributed by atoms with Crippen molar-refractivity contribution in [2.45, 2.75) is 4.90 Å². The normalized spacial score (nSPS) is 11.5. The van der Waals surface area contributed by atoms with Crippen LogP contribution in [0.4, 0.5) is 0 Å². The molecule has 0 radical (unpaired) electrons. The molecule has 3 rings (SSSR count). The third kappa shape index (κ3) is 3.02. The first kappa shape index (κ1) is 15.5. The molecule has 0 aliphatic rings. The number of hydrogen-bond donors (Lipinski definition) is 0. The molecule has 0 bridgehead atoms. The van der Waals surface area contributed by atoms with Crippen molar-refractivity contribution < 1.29 is 8.42 Å². The van der Waals surface area contributed by atoms with Crippen molar-refractivity contribution in [3.05, 3.63) is 63.8 Å². The zero-order chi connectivity index (χ0) is 15.7. The van der Waals surface area contributed by atoms with Gasteiger partial charge in [0.25, 0.3) is 0 Å². The zero-order valence-corrected chi connectivity index (χ0v) is 15.0. The van der Waals surface area contributed by atoms with Crippen LogP contribution in [0.3, 0.4) is 0 Å². The molecule has 5 heteroatoms. The maximum Gasteiger partial charge on any atom is 0.175 e. The van der Waals surface area contributed by atoms with Crippen molar-refractivity contribution in [3.8, 4) is 22.3 Å². The molecule has 112 valence electrons. The van der Waals surface area contributed by atoms with Gasteiger partial charge in [-0.05, 0) is 39.2 Å². The number of halogens is 1. The smallest absolute Gasteiger partial charge is 0.175 e. The van der Waals surface area contributed by atoms with Crippen molar-refractivity contribution in [1.82, 2.24) is 0 Å². The second-order valence-electron chi connectivity index (χ2n) is 4.96. The Hall–Kier alpha value is -1.43. The Morgan fingerprint density at radius 2 is 1.55 bits per heavy atom. The number of thiophene rings is 1. The molecule has 3 aromatic rings. The summed E-state index contributed by atoms with van der Waals surface area (Å²) in [7, 11) is -3.17. The van der Waals surface area contributed by atoms with Gasteiger partial charge >= 0.3 is 0 Å². The molecule has 0 amide bonds. The molecule has 0 saturated carbocycles. The summed E-state index contributed by atoms with van der Waals surface area (Å²) < 4.78 is 24.2. The van der Waals surface area contributed by atoms with E-state index in [-0.39, 0.29) is 0 Å². The van der Waals surface area contributed by atoms with Gasteiger partial charge in [0, 0.05) is 22.8 Å². The molecule has 0 aliphatic heterocycles. The highest BCUT2D eigenvalue weighted by molar-refractivity contribution is 9.11. The van der Waals surface area contributed by atoms with E-state index in [0.29, 0.717) is 4.90 Å². The first-order valence-corrected chi connectivity index (χ1v) is 10.2. The van der Waals surface area contributed by atoms with Crippen LogP contribution in [0.25, 0.3) is 22.3 Å². The molecule has 0 aliphatic carbocycles. The third-order valence-electron chi connectivity index (χ3n) is 3.40. The first-order valence-electron chi connectivity index (χ1n) is 6.60. The fourth-order valence-corrected chi connectivity index (χ4v) is 4.48. The van der Waals surface area contributed by atoms with Crippen molar-refractivity contribution >= 4 is 37.1 Å². The van der Waals surface area contributed by atoms with Gasteiger partial charge in [-0.1, -0.05) is 42.5 Å². The second-order valence-corrected chi connectivity index (χ2v) is 9.17. The lowest BCUT2D eigenvalue weighted by molar-refractivity contribution is 0.602. The van der Waals surface area contributed by atoms with E-state index < -0.39 is 9.84 Å². The van der Waals surface area contributed by atoms with Gasteiger partial charge in [-0.15, -0.1) is 11.3 Å². The van der Waals surface area contributed by atoms with Crippen LogP contribution in [-0.4, -0.2) is 14.7 Å². The second kappa shape index (κ2) is 5.99. The topological polar surface area (TPSA) is 34.1 Å². The van der Waals surface area contributed by atoms with E-state index in [9.17, 15) is 8.42 Å². The highest BCUT2D eigenvalue weighted by Crippen LogP contribution is 2.42. The van der Waals surface area contributed by atoms with Crippen LogP contribution < -0.4 is 0 Å². The summed E-state index contributed by atoms with van der Waals surface area (Å²) in [5.74, 6) is 0. The Kier molecular flexibility index (Phi) is 4.21. The van der Waals surface area contributed by atoms with Crippen LogP contribution in [0.15, 0.2) is 68.7 Å². The van der Waals surface area contributed by atoms with E-state index in [1.165, 1.54) is 6.26 Å².